The molecule has 1 atom stereocenters. The molecule has 15 heavy (non-hydrogen) atoms. The molecule has 1 rings (SSSR count). The summed E-state index contributed by atoms with van der Waals surface area (Å²) in [4.78, 5) is 14.4. The number of rotatable bonds is 6. The predicted molar refractivity (Wildman–Crippen MR) is 56.4 cm³/mol. The van der Waals surface area contributed by atoms with Gasteiger partial charge in [0.15, 0.2) is 0 Å². The third kappa shape index (κ3) is 4.53. The standard InChI is InChI=1S/C10H15N3O2/c11-9(10(14)15)7-13-5-3-8-2-1-4-12-6-8/h1-2,4,6,9,13H,3,5,7,11H2,(H,14,15). The Morgan fingerprint density at radius 2 is 2.47 bits per heavy atom. The van der Waals surface area contributed by atoms with Gasteiger partial charge in [0.05, 0.1) is 0 Å². The van der Waals surface area contributed by atoms with Crippen LogP contribution >= 0.6 is 0 Å². The van der Waals surface area contributed by atoms with Crippen molar-refractivity contribution in [1.29, 1.82) is 0 Å². The molecule has 1 aromatic rings. The Morgan fingerprint density at radius 1 is 1.67 bits per heavy atom. The van der Waals surface area contributed by atoms with Crippen LogP contribution in [-0.2, 0) is 11.2 Å². The summed E-state index contributed by atoms with van der Waals surface area (Å²) in [5.74, 6) is -0.983. The van der Waals surface area contributed by atoms with Crippen molar-refractivity contribution in [2.24, 2.45) is 5.73 Å². The molecule has 1 heterocycles. The van der Waals surface area contributed by atoms with Crippen LogP contribution in [0.3, 0.4) is 0 Å². The maximum absolute atomic E-state index is 10.4. The highest BCUT2D eigenvalue weighted by Crippen LogP contribution is 1.95. The number of carbonyl (C=O) groups is 1. The Balaban J connectivity index is 2.15. The number of nitrogens with two attached hydrogens (primary N) is 1. The van der Waals surface area contributed by atoms with Gasteiger partial charge in [0.1, 0.15) is 6.04 Å². The molecule has 5 nitrogen and oxygen atoms in total. The molecule has 0 aliphatic rings. The van der Waals surface area contributed by atoms with Crippen LogP contribution in [0.1, 0.15) is 5.56 Å². The molecule has 0 aromatic carbocycles. The molecule has 0 aliphatic carbocycles. The lowest BCUT2D eigenvalue weighted by Crippen LogP contribution is -2.40. The zero-order valence-corrected chi connectivity index (χ0v) is 8.39. The smallest absolute Gasteiger partial charge is 0.321 e. The molecular weight excluding hydrogens is 194 g/mol. The van der Waals surface area contributed by atoms with E-state index in [1.165, 1.54) is 0 Å². The Bertz CT molecular complexity index is 303. The van der Waals surface area contributed by atoms with E-state index in [1.54, 1.807) is 12.4 Å². The van der Waals surface area contributed by atoms with Crippen LogP contribution in [0.4, 0.5) is 0 Å². The van der Waals surface area contributed by atoms with Crippen LogP contribution < -0.4 is 11.1 Å². The van der Waals surface area contributed by atoms with Gasteiger partial charge >= 0.3 is 5.97 Å². The Labute approximate surface area is 88.3 Å². The van der Waals surface area contributed by atoms with E-state index in [0.717, 1.165) is 12.0 Å². The zero-order valence-electron chi connectivity index (χ0n) is 8.39. The Morgan fingerprint density at radius 3 is 3.07 bits per heavy atom. The second-order valence-electron chi connectivity index (χ2n) is 3.26. The first kappa shape index (κ1) is 11.6. The maximum Gasteiger partial charge on any atom is 0.321 e. The van der Waals surface area contributed by atoms with Crippen molar-refractivity contribution in [3.05, 3.63) is 30.1 Å². The second-order valence-corrected chi connectivity index (χ2v) is 3.26. The molecule has 0 saturated heterocycles. The SMILES string of the molecule is NC(CNCCc1cccnc1)C(=O)O. The second kappa shape index (κ2) is 6.10. The monoisotopic (exact) mass is 209 g/mol. The maximum atomic E-state index is 10.4. The van der Waals surface area contributed by atoms with Crippen LogP contribution in [0.5, 0.6) is 0 Å². The van der Waals surface area contributed by atoms with Crippen molar-refractivity contribution < 1.29 is 9.90 Å². The summed E-state index contributed by atoms with van der Waals surface area (Å²) in [5, 5.41) is 11.5. The number of aliphatic carboxylic acids is 1. The fourth-order valence-electron chi connectivity index (χ4n) is 1.12. The number of hydrogen-bond donors (Lipinski definition) is 3. The third-order valence-corrected chi connectivity index (χ3v) is 1.99. The first-order valence-electron chi connectivity index (χ1n) is 4.78. The average molecular weight is 209 g/mol. The minimum atomic E-state index is -0.983. The molecule has 0 amide bonds. The molecule has 0 saturated carbocycles. The predicted octanol–water partition coefficient (Wildman–Crippen LogP) is -0.374. The highest BCUT2D eigenvalue weighted by molar-refractivity contribution is 5.73. The molecule has 1 unspecified atom stereocenters. The molecule has 0 aliphatic heterocycles. The van der Waals surface area contributed by atoms with E-state index in [4.69, 9.17) is 10.8 Å². The quantitative estimate of drug-likeness (QED) is 0.556. The zero-order chi connectivity index (χ0) is 11.1. The van der Waals surface area contributed by atoms with Gasteiger partial charge in [-0.2, -0.15) is 0 Å². The van der Waals surface area contributed by atoms with Gasteiger partial charge in [-0.1, -0.05) is 6.07 Å². The van der Waals surface area contributed by atoms with Gasteiger partial charge in [-0.3, -0.25) is 9.78 Å². The minimum Gasteiger partial charge on any atom is -0.480 e. The van der Waals surface area contributed by atoms with Gasteiger partial charge in [-0.05, 0) is 24.6 Å². The number of nitrogens with one attached hydrogen (secondary N) is 1. The lowest BCUT2D eigenvalue weighted by molar-refractivity contribution is -0.138. The average Bonchev–Trinajstić information content (AvgIpc) is 2.25. The molecular formula is C10H15N3O2. The van der Waals surface area contributed by atoms with E-state index in [0.29, 0.717) is 6.54 Å². The van der Waals surface area contributed by atoms with Crippen molar-refractivity contribution in [1.82, 2.24) is 10.3 Å². The minimum absolute atomic E-state index is 0.287. The van der Waals surface area contributed by atoms with E-state index in [9.17, 15) is 4.79 Å². The van der Waals surface area contributed by atoms with E-state index >= 15 is 0 Å². The topological polar surface area (TPSA) is 88.2 Å². The highest BCUT2D eigenvalue weighted by atomic mass is 16.4. The summed E-state index contributed by atoms with van der Waals surface area (Å²) < 4.78 is 0. The molecule has 82 valence electrons. The molecule has 4 N–H and O–H groups in total. The normalized spacial score (nSPS) is 12.3. The Kier molecular flexibility index (Phi) is 4.73. The molecule has 5 heteroatoms. The number of hydrogen-bond acceptors (Lipinski definition) is 4. The Hall–Kier alpha value is -1.46. The summed E-state index contributed by atoms with van der Waals surface area (Å²) in [5.41, 5.74) is 6.44. The summed E-state index contributed by atoms with van der Waals surface area (Å²) in [6, 6.07) is 3.02. The summed E-state index contributed by atoms with van der Waals surface area (Å²) in [7, 11) is 0. The van der Waals surface area contributed by atoms with Crippen molar-refractivity contribution in [2.75, 3.05) is 13.1 Å². The van der Waals surface area contributed by atoms with Crippen LogP contribution in [0, 0.1) is 0 Å². The van der Waals surface area contributed by atoms with Gasteiger partial charge in [-0.15, -0.1) is 0 Å². The number of carboxylic acid groups (broad SMARTS) is 1. The first-order chi connectivity index (χ1) is 7.20. The fourth-order valence-corrected chi connectivity index (χ4v) is 1.12. The highest BCUT2D eigenvalue weighted by Gasteiger charge is 2.09. The van der Waals surface area contributed by atoms with Crippen LogP contribution in [-0.4, -0.2) is 35.2 Å². The number of carboxylic acids is 1. The van der Waals surface area contributed by atoms with Gasteiger partial charge < -0.3 is 16.2 Å². The lowest BCUT2D eigenvalue weighted by Gasteiger charge is -2.07. The summed E-state index contributed by atoms with van der Waals surface area (Å²) >= 11 is 0. The summed E-state index contributed by atoms with van der Waals surface area (Å²) in [6.45, 7) is 0.988. The third-order valence-electron chi connectivity index (χ3n) is 1.99. The molecule has 0 radical (unpaired) electrons. The lowest BCUT2D eigenvalue weighted by atomic mass is 10.2. The van der Waals surface area contributed by atoms with Crippen molar-refractivity contribution in [3.63, 3.8) is 0 Å². The van der Waals surface area contributed by atoms with Crippen LogP contribution in [0.15, 0.2) is 24.5 Å². The fraction of sp³-hybridized carbons (Fsp3) is 0.400. The van der Waals surface area contributed by atoms with E-state index in [1.807, 2.05) is 12.1 Å². The first-order valence-corrected chi connectivity index (χ1v) is 4.78. The molecule has 0 fully saturated rings. The largest absolute Gasteiger partial charge is 0.480 e. The number of aromatic nitrogens is 1. The van der Waals surface area contributed by atoms with E-state index in [-0.39, 0.29) is 6.54 Å². The van der Waals surface area contributed by atoms with Crippen LogP contribution in [0.2, 0.25) is 0 Å². The van der Waals surface area contributed by atoms with E-state index in [2.05, 4.69) is 10.3 Å². The number of nitrogens with zero attached hydrogens (tertiary/aromatic N) is 1. The number of pyridine rings is 1. The molecule has 1 aromatic heterocycles. The van der Waals surface area contributed by atoms with Crippen LogP contribution in [0.25, 0.3) is 0 Å². The van der Waals surface area contributed by atoms with Gasteiger partial charge in [0, 0.05) is 18.9 Å². The van der Waals surface area contributed by atoms with Crippen molar-refractivity contribution in [3.8, 4) is 0 Å². The van der Waals surface area contributed by atoms with Gasteiger partial charge in [0.25, 0.3) is 0 Å². The van der Waals surface area contributed by atoms with E-state index < -0.39 is 12.0 Å². The van der Waals surface area contributed by atoms with Crippen molar-refractivity contribution in [2.45, 2.75) is 12.5 Å². The van der Waals surface area contributed by atoms with Gasteiger partial charge in [0.2, 0.25) is 0 Å². The molecule has 0 bridgehead atoms. The van der Waals surface area contributed by atoms with Gasteiger partial charge in [-0.25, -0.2) is 0 Å². The molecule has 0 spiro atoms. The summed E-state index contributed by atoms with van der Waals surface area (Å²) in [6.07, 6.45) is 4.33. The van der Waals surface area contributed by atoms with Crippen molar-refractivity contribution >= 4 is 5.97 Å².